The molecule has 21 heavy (non-hydrogen) atoms. The lowest BCUT2D eigenvalue weighted by Crippen LogP contribution is -2.35. The average Bonchev–Trinajstić information content (AvgIpc) is 2.85. The van der Waals surface area contributed by atoms with Crippen LogP contribution in [-0.4, -0.2) is 10.7 Å². The van der Waals surface area contributed by atoms with E-state index in [2.05, 4.69) is 10.5 Å². The zero-order valence-electron chi connectivity index (χ0n) is 12.2. The fourth-order valence-corrected chi connectivity index (χ4v) is 1.61. The van der Waals surface area contributed by atoms with Gasteiger partial charge in [-0.1, -0.05) is 11.2 Å². The molecule has 4 nitrogen and oxygen atoms in total. The Bertz CT molecular complexity index is 606. The van der Waals surface area contributed by atoms with Gasteiger partial charge in [0.1, 0.15) is 6.61 Å². The van der Waals surface area contributed by atoms with E-state index in [0.29, 0.717) is 12.3 Å². The molecule has 0 aliphatic heterocycles. The summed E-state index contributed by atoms with van der Waals surface area (Å²) in [5.41, 5.74) is 0.698. The fourth-order valence-electron chi connectivity index (χ4n) is 1.61. The van der Waals surface area contributed by atoms with Crippen LogP contribution in [0.3, 0.4) is 0 Å². The van der Waals surface area contributed by atoms with E-state index < -0.39 is 11.6 Å². The maximum absolute atomic E-state index is 13.4. The molecule has 114 valence electrons. The van der Waals surface area contributed by atoms with Gasteiger partial charge in [0.15, 0.2) is 17.3 Å². The normalized spacial score (nSPS) is 11.7. The SMILES string of the molecule is CC(C)(C)NCc1cc(COc2cccc(F)c2F)on1. The van der Waals surface area contributed by atoms with Crippen molar-refractivity contribution in [3.05, 3.63) is 47.4 Å². The molecule has 0 fully saturated rings. The van der Waals surface area contributed by atoms with Gasteiger partial charge in [-0.2, -0.15) is 4.39 Å². The van der Waals surface area contributed by atoms with E-state index in [0.717, 1.165) is 11.8 Å². The zero-order valence-corrected chi connectivity index (χ0v) is 12.2. The highest BCUT2D eigenvalue weighted by Gasteiger charge is 2.13. The third-order valence-corrected chi connectivity index (χ3v) is 2.69. The van der Waals surface area contributed by atoms with Gasteiger partial charge >= 0.3 is 0 Å². The van der Waals surface area contributed by atoms with Gasteiger partial charge in [0.2, 0.25) is 5.82 Å². The summed E-state index contributed by atoms with van der Waals surface area (Å²) in [6.45, 7) is 6.68. The van der Waals surface area contributed by atoms with E-state index in [-0.39, 0.29) is 17.9 Å². The minimum atomic E-state index is -1.01. The molecule has 0 spiro atoms. The first-order valence-corrected chi connectivity index (χ1v) is 6.61. The van der Waals surface area contributed by atoms with Crippen LogP contribution in [-0.2, 0) is 13.2 Å². The molecule has 1 aromatic heterocycles. The number of benzene rings is 1. The molecule has 2 aromatic rings. The predicted molar refractivity (Wildman–Crippen MR) is 73.8 cm³/mol. The Balaban J connectivity index is 1.92. The summed E-state index contributed by atoms with van der Waals surface area (Å²) in [6, 6.07) is 5.49. The van der Waals surface area contributed by atoms with E-state index in [9.17, 15) is 8.78 Å². The van der Waals surface area contributed by atoms with Crippen molar-refractivity contribution < 1.29 is 18.0 Å². The van der Waals surface area contributed by atoms with Gasteiger partial charge in [0.05, 0.1) is 5.69 Å². The van der Waals surface area contributed by atoms with Crippen LogP contribution in [0.5, 0.6) is 5.75 Å². The van der Waals surface area contributed by atoms with Crippen molar-refractivity contribution >= 4 is 0 Å². The van der Waals surface area contributed by atoms with Crippen molar-refractivity contribution in [2.24, 2.45) is 0 Å². The van der Waals surface area contributed by atoms with Crippen molar-refractivity contribution in [2.75, 3.05) is 0 Å². The van der Waals surface area contributed by atoms with Crippen molar-refractivity contribution in [3.8, 4) is 5.75 Å². The van der Waals surface area contributed by atoms with Crippen LogP contribution in [0, 0.1) is 11.6 Å². The van der Waals surface area contributed by atoms with Crippen LogP contribution in [0.1, 0.15) is 32.2 Å². The minimum absolute atomic E-state index is 0.0110. The molecular weight excluding hydrogens is 278 g/mol. The molecule has 1 N–H and O–H groups in total. The largest absolute Gasteiger partial charge is 0.482 e. The summed E-state index contributed by atoms with van der Waals surface area (Å²) in [5, 5.41) is 7.16. The minimum Gasteiger partial charge on any atom is -0.482 e. The standard InChI is InChI=1S/C15H18F2N2O2/c1-15(2,3)18-8-10-7-11(21-19-10)9-20-13-6-4-5-12(16)14(13)17/h4-7,18H,8-9H2,1-3H3. The Labute approximate surface area is 122 Å². The summed E-state index contributed by atoms with van der Waals surface area (Å²) >= 11 is 0. The van der Waals surface area contributed by atoms with Crippen molar-refractivity contribution in [3.63, 3.8) is 0 Å². The van der Waals surface area contributed by atoms with Crippen LogP contribution < -0.4 is 10.1 Å². The molecule has 1 aromatic carbocycles. The third kappa shape index (κ3) is 4.53. The van der Waals surface area contributed by atoms with Gasteiger partial charge in [-0.3, -0.25) is 0 Å². The molecule has 0 saturated heterocycles. The molecular formula is C15H18F2N2O2. The molecule has 0 atom stereocenters. The lowest BCUT2D eigenvalue weighted by molar-refractivity contribution is 0.236. The highest BCUT2D eigenvalue weighted by Crippen LogP contribution is 2.20. The first-order chi connectivity index (χ1) is 9.85. The molecule has 0 aliphatic rings. The van der Waals surface area contributed by atoms with Gasteiger partial charge in [0, 0.05) is 18.2 Å². The topological polar surface area (TPSA) is 47.3 Å². The Morgan fingerprint density at radius 2 is 2.05 bits per heavy atom. The van der Waals surface area contributed by atoms with Crippen LogP contribution in [0.25, 0.3) is 0 Å². The molecule has 2 rings (SSSR count). The number of hydrogen-bond donors (Lipinski definition) is 1. The van der Waals surface area contributed by atoms with Crippen molar-refractivity contribution in [1.82, 2.24) is 10.5 Å². The monoisotopic (exact) mass is 296 g/mol. The summed E-state index contributed by atoms with van der Waals surface area (Å²) in [6.07, 6.45) is 0. The molecule has 0 aliphatic carbocycles. The number of aromatic nitrogens is 1. The third-order valence-electron chi connectivity index (χ3n) is 2.69. The molecule has 0 amide bonds. The van der Waals surface area contributed by atoms with Crippen LogP contribution in [0.15, 0.2) is 28.8 Å². The number of rotatable bonds is 5. The Morgan fingerprint density at radius 1 is 1.29 bits per heavy atom. The number of halogens is 2. The fraction of sp³-hybridized carbons (Fsp3) is 0.400. The number of hydrogen-bond acceptors (Lipinski definition) is 4. The molecule has 0 unspecified atom stereocenters. The number of ether oxygens (including phenoxy) is 1. The second kappa shape index (κ2) is 6.22. The van der Waals surface area contributed by atoms with Crippen LogP contribution >= 0.6 is 0 Å². The van der Waals surface area contributed by atoms with Gasteiger partial charge in [0.25, 0.3) is 0 Å². The lowest BCUT2D eigenvalue weighted by Gasteiger charge is -2.19. The summed E-state index contributed by atoms with van der Waals surface area (Å²) in [7, 11) is 0. The van der Waals surface area contributed by atoms with Crippen molar-refractivity contribution in [2.45, 2.75) is 39.5 Å². The quantitative estimate of drug-likeness (QED) is 0.918. The van der Waals surface area contributed by atoms with Crippen LogP contribution in [0.2, 0.25) is 0 Å². The first kappa shape index (κ1) is 15.4. The highest BCUT2D eigenvalue weighted by atomic mass is 19.2. The molecule has 0 radical (unpaired) electrons. The van der Waals surface area contributed by atoms with Gasteiger partial charge in [-0.25, -0.2) is 4.39 Å². The average molecular weight is 296 g/mol. The maximum Gasteiger partial charge on any atom is 0.200 e. The van der Waals surface area contributed by atoms with Crippen molar-refractivity contribution in [1.29, 1.82) is 0 Å². The summed E-state index contributed by atoms with van der Waals surface area (Å²) < 4.78 is 36.7. The van der Waals surface area contributed by atoms with Gasteiger partial charge in [-0.15, -0.1) is 0 Å². The van der Waals surface area contributed by atoms with Gasteiger partial charge < -0.3 is 14.6 Å². The number of nitrogens with one attached hydrogen (secondary N) is 1. The molecule has 1 heterocycles. The van der Waals surface area contributed by atoms with Crippen LogP contribution in [0.4, 0.5) is 8.78 Å². The lowest BCUT2D eigenvalue weighted by atomic mass is 10.1. The Hall–Kier alpha value is -1.95. The van der Waals surface area contributed by atoms with E-state index in [1.165, 1.54) is 12.1 Å². The predicted octanol–water partition coefficient (Wildman–Crippen LogP) is 3.42. The van der Waals surface area contributed by atoms with E-state index in [1.807, 2.05) is 20.8 Å². The second-order valence-electron chi connectivity index (χ2n) is 5.73. The molecule has 0 saturated carbocycles. The Kier molecular flexibility index (Phi) is 4.57. The molecule has 6 heteroatoms. The van der Waals surface area contributed by atoms with E-state index in [4.69, 9.17) is 9.26 Å². The summed E-state index contributed by atoms with van der Waals surface area (Å²) in [5.74, 6) is -1.66. The zero-order chi connectivity index (χ0) is 15.5. The Morgan fingerprint density at radius 3 is 2.76 bits per heavy atom. The van der Waals surface area contributed by atoms with E-state index >= 15 is 0 Å². The second-order valence-corrected chi connectivity index (χ2v) is 5.73. The maximum atomic E-state index is 13.4. The summed E-state index contributed by atoms with van der Waals surface area (Å²) in [4.78, 5) is 0. The first-order valence-electron chi connectivity index (χ1n) is 6.61. The van der Waals surface area contributed by atoms with Gasteiger partial charge in [-0.05, 0) is 32.9 Å². The number of nitrogens with zero attached hydrogens (tertiary/aromatic N) is 1. The molecule has 0 bridgehead atoms. The van der Waals surface area contributed by atoms with E-state index in [1.54, 1.807) is 6.07 Å². The highest BCUT2D eigenvalue weighted by molar-refractivity contribution is 5.25. The smallest absolute Gasteiger partial charge is 0.200 e.